The number of thiophene rings is 1. The van der Waals surface area contributed by atoms with Crippen molar-refractivity contribution in [1.29, 1.82) is 0 Å². The summed E-state index contributed by atoms with van der Waals surface area (Å²) in [4.78, 5) is 30.0. The highest BCUT2D eigenvalue weighted by atomic mass is 32.2. The topological polar surface area (TPSA) is 73.2 Å². The van der Waals surface area contributed by atoms with Crippen LogP contribution >= 0.6 is 23.1 Å². The number of amides is 1. The summed E-state index contributed by atoms with van der Waals surface area (Å²) in [5.41, 5.74) is 0.790. The smallest absolute Gasteiger partial charge is 0.263 e. The van der Waals surface area contributed by atoms with Crippen LogP contribution in [0.5, 0.6) is 5.75 Å². The number of aromatic nitrogens is 2. The second-order valence-corrected chi connectivity index (χ2v) is 7.45. The van der Waals surface area contributed by atoms with Crippen LogP contribution in [0.2, 0.25) is 0 Å². The van der Waals surface area contributed by atoms with Crippen molar-refractivity contribution in [3.63, 3.8) is 0 Å². The zero-order chi connectivity index (χ0) is 19.2. The van der Waals surface area contributed by atoms with Crippen molar-refractivity contribution < 1.29 is 9.53 Å². The van der Waals surface area contributed by atoms with Crippen LogP contribution in [0.15, 0.2) is 58.3 Å². The Morgan fingerprint density at radius 3 is 3.00 bits per heavy atom. The lowest BCUT2D eigenvalue weighted by molar-refractivity contribution is -0.118. The number of allylic oxidation sites excluding steroid dienone is 1. The molecule has 1 amide bonds. The van der Waals surface area contributed by atoms with Gasteiger partial charge in [0.15, 0.2) is 5.16 Å². The van der Waals surface area contributed by atoms with Gasteiger partial charge in [-0.3, -0.25) is 14.2 Å². The number of carbonyl (C=O) groups excluding carboxylic acids is 1. The molecule has 0 unspecified atom stereocenters. The first-order valence-corrected chi connectivity index (χ1v) is 10.1. The number of thioether (sulfide) groups is 1. The Morgan fingerprint density at radius 1 is 1.41 bits per heavy atom. The van der Waals surface area contributed by atoms with Crippen molar-refractivity contribution in [2.24, 2.45) is 0 Å². The Balaban J connectivity index is 1.69. The summed E-state index contributed by atoms with van der Waals surface area (Å²) in [6, 6.07) is 9.30. The summed E-state index contributed by atoms with van der Waals surface area (Å²) in [5, 5.41) is 5.81. The summed E-state index contributed by atoms with van der Waals surface area (Å²) in [6.45, 7) is 4.42. The van der Waals surface area contributed by atoms with Crippen LogP contribution in [0.3, 0.4) is 0 Å². The number of carbonyl (C=O) groups is 1. The van der Waals surface area contributed by atoms with Crippen LogP contribution in [0.1, 0.15) is 5.56 Å². The molecular weight excluding hydrogens is 382 g/mol. The SMILES string of the molecule is C=CCn1c(SCC(=O)NCc2ccccc2OC)nc2sccc2c1=O. The molecule has 27 heavy (non-hydrogen) atoms. The molecule has 3 aromatic rings. The fraction of sp³-hybridized carbons (Fsp3) is 0.211. The second kappa shape index (κ2) is 8.88. The quantitative estimate of drug-likeness (QED) is 0.357. The van der Waals surface area contributed by atoms with E-state index < -0.39 is 0 Å². The molecule has 0 radical (unpaired) electrons. The number of nitrogens with zero attached hydrogens (tertiary/aromatic N) is 2. The highest BCUT2D eigenvalue weighted by Crippen LogP contribution is 2.21. The zero-order valence-corrected chi connectivity index (χ0v) is 16.4. The van der Waals surface area contributed by atoms with Gasteiger partial charge in [0.2, 0.25) is 5.91 Å². The molecule has 140 valence electrons. The second-order valence-electron chi connectivity index (χ2n) is 5.62. The molecule has 0 aliphatic rings. The van der Waals surface area contributed by atoms with Crippen LogP contribution in [0.4, 0.5) is 0 Å². The molecule has 3 rings (SSSR count). The maximum Gasteiger partial charge on any atom is 0.263 e. The molecule has 2 aromatic heterocycles. The normalized spacial score (nSPS) is 10.7. The van der Waals surface area contributed by atoms with Crippen LogP contribution < -0.4 is 15.6 Å². The molecule has 0 saturated carbocycles. The number of hydrogen-bond donors (Lipinski definition) is 1. The third kappa shape index (κ3) is 4.40. The number of nitrogens with one attached hydrogen (secondary N) is 1. The molecule has 0 bridgehead atoms. The van der Waals surface area contributed by atoms with E-state index in [1.54, 1.807) is 23.8 Å². The summed E-state index contributed by atoms with van der Waals surface area (Å²) in [7, 11) is 1.60. The van der Waals surface area contributed by atoms with Crippen LogP contribution in [0, 0.1) is 0 Å². The van der Waals surface area contributed by atoms with Crippen molar-refractivity contribution in [1.82, 2.24) is 14.9 Å². The predicted octanol–water partition coefficient (Wildman–Crippen LogP) is 3.06. The Bertz CT molecular complexity index is 1030. The molecule has 0 saturated heterocycles. The van der Waals surface area contributed by atoms with Gasteiger partial charge in [-0.1, -0.05) is 36.0 Å². The van der Waals surface area contributed by atoms with Crippen molar-refractivity contribution >= 4 is 39.2 Å². The van der Waals surface area contributed by atoms with Gasteiger partial charge < -0.3 is 10.1 Å². The van der Waals surface area contributed by atoms with E-state index in [1.807, 2.05) is 29.6 Å². The molecule has 0 spiro atoms. The number of methoxy groups -OCH3 is 1. The van der Waals surface area contributed by atoms with Crippen molar-refractivity contribution in [3.8, 4) is 5.75 Å². The van der Waals surface area contributed by atoms with Crippen molar-refractivity contribution in [3.05, 3.63) is 64.3 Å². The number of ether oxygens (including phenoxy) is 1. The van der Waals surface area contributed by atoms with Crippen LogP contribution in [0.25, 0.3) is 10.2 Å². The van der Waals surface area contributed by atoms with Gasteiger partial charge in [-0.25, -0.2) is 4.98 Å². The van der Waals surface area contributed by atoms with Gasteiger partial charge in [-0.05, 0) is 17.5 Å². The van der Waals surface area contributed by atoms with Crippen molar-refractivity contribution in [2.45, 2.75) is 18.2 Å². The number of rotatable bonds is 8. The van der Waals surface area contributed by atoms with Gasteiger partial charge in [0.05, 0.1) is 18.2 Å². The number of para-hydroxylation sites is 1. The minimum absolute atomic E-state index is 0.113. The molecule has 6 nitrogen and oxygen atoms in total. The first-order chi connectivity index (χ1) is 13.1. The molecule has 8 heteroatoms. The maximum atomic E-state index is 12.6. The Hall–Kier alpha value is -2.58. The predicted molar refractivity (Wildman–Crippen MR) is 110 cm³/mol. The van der Waals surface area contributed by atoms with Gasteiger partial charge in [0, 0.05) is 18.7 Å². The minimum atomic E-state index is -0.142. The van der Waals surface area contributed by atoms with Gasteiger partial charge >= 0.3 is 0 Å². The molecule has 0 aliphatic heterocycles. The highest BCUT2D eigenvalue weighted by molar-refractivity contribution is 7.99. The van der Waals surface area contributed by atoms with E-state index in [4.69, 9.17) is 4.74 Å². The largest absolute Gasteiger partial charge is 0.496 e. The summed E-state index contributed by atoms with van der Waals surface area (Å²) < 4.78 is 6.83. The summed E-state index contributed by atoms with van der Waals surface area (Å²) in [6.07, 6.45) is 1.65. The average molecular weight is 402 g/mol. The Morgan fingerprint density at radius 2 is 2.22 bits per heavy atom. The van der Waals surface area contributed by atoms with E-state index in [9.17, 15) is 9.59 Å². The number of fused-ring (bicyclic) bond motifs is 1. The first kappa shape index (κ1) is 19.2. The molecule has 2 heterocycles. The lowest BCUT2D eigenvalue weighted by Gasteiger charge is -2.11. The van der Waals surface area contributed by atoms with E-state index >= 15 is 0 Å². The van der Waals surface area contributed by atoms with Crippen LogP contribution in [-0.4, -0.2) is 28.3 Å². The third-order valence-corrected chi connectivity index (χ3v) is 5.64. The lowest BCUT2D eigenvalue weighted by atomic mass is 10.2. The third-order valence-electron chi connectivity index (χ3n) is 3.86. The van der Waals surface area contributed by atoms with Gasteiger partial charge in [0.1, 0.15) is 10.6 Å². The van der Waals surface area contributed by atoms with Gasteiger partial charge in [-0.15, -0.1) is 17.9 Å². The van der Waals surface area contributed by atoms with E-state index in [-0.39, 0.29) is 17.2 Å². The standard InChI is InChI=1S/C19H19N3O3S2/c1-3-9-22-18(24)14-8-10-26-17(14)21-19(22)27-12-16(23)20-11-13-6-4-5-7-15(13)25-2/h3-8,10H,1,9,11-12H2,2H3,(H,20,23). The molecular formula is C19H19N3O3S2. The Kier molecular flexibility index (Phi) is 6.31. The first-order valence-electron chi connectivity index (χ1n) is 8.24. The lowest BCUT2D eigenvalue weighted by Crippen LogP contribution is -2.26. The minimum Gasteiger partial charge on any atom is -0.496 e. The van der Waals surface area contributed by atoms with Gasteiger partial charge in [-0.2, -0.15) is 0 Å². The zero-order valence-electron chi connectivity index (χ0n) is 14.8. The van der Waals surface area contributed by atoms with Crippen LogP contribution in [-0.2, 0) is 17.9 Å². The fourth-order valence-corrected chi connectivity index (χ4v) is 4.20. The van der Waals surface area contributed by atoms with Crippen molar-refractivity contribution in [2.75, 3.05) is 12.9 Å². The Labute approximate surface area is 164 Å². The number of benzene rings is 1. The fourth-order valence-electron chi connectivity index (χ4n) is 2.55. The molecule has 1 aromatic carbocycles. The monoisotopic (exact) mass is 401 g/mol. The summed E-state index contributed by atoms with van der Waals surface area (Å²) in [5.74, 6) is 0.752. The summed E-state index contributed by atoms with van der Waals surface area (Å²) >= 11 is 2.65. The van der Waals surface area contributed by atoms with Gasteiger partial charge in [0.25, 0.3) is 5.56 Å². The molecule has 1 N–H and O–H groups in total. The molecule has 0 aliphatic carbocycles. The maximum absolute atomic E-state index is 12.6. The highest BCUT2D eigenvalue weighted by Gasteiger charge is 2.13. The number of hydrogen-bond acceptors (Lipinski definition) is 6. The molecule has 0 fully saturated rings. The molecule has 0 atom stereocenters. The van der Waals surface area contributed by atoms with E-state index in [0.717, 1.165) is 11.3 Å². The van der Waals surface area contributed by atoms with E-state index in [1.165, 1.54) is 23.1 Å². The van der Waals surface area contributed by atoms with E-state index in [2.05, 4.69) is 16.9 Å². The average Bonchev–Trinajstić information content (AvgIpc) is 3.16. The van der Waals surface area contributed by atoms with E-state index in [0.29, 0.717) is 28.5 Å².